The predicted molar refractivity (Wildman–Crippen MR) is 242 cm³/mol. The van der Waals surface area contributed by atoms with Gasteiger partial charge in [-0.25, -0.2) is 19.9 Å². The first-order chi connectivity index (χ1) is 29.8. The van der Waals surface area contributed by atoms with Gasteiger partial charge in [-0.05, 0) is 181 Å². The molecule has 0 saturated heterocycles. The fourth-order valence-corrected chi connectivity index (χ4v) is 10.6. The number of hydrogen-bond donors (Lipinski definition) is 0. The van der Waals surface area contributed by atoms with Crippen molar-refractivity contribution in [2.75, 3.05) is 0 Å². The number of aromatic nitrogens is 4. The highest BCUT2D eigenvalue weighted by molar-refractivity contribution is 6.30. The summed E-state index contributed by atoms with van der Waals surface area (Å²) >= 11 is 0. The van der Waals surface area contributed by atoms with Gasteiger partial charge in [0.2, 0.25) is 0 Å². The Morgan fingerprint density at radius 1 is 0.267 bits per heavy atom. The topological polar surface area (TPSA) is 51.6 Å². The molecule has 60 heavy (non-hydrogen) atoms. The van der Waals surface area contributed by atoms with Gasteiger partial charge in [0.15, 0.2) is 11.3 Å². The minimum Gasteiger partial charge on any atom is -0.237 e. The molecule has 0 atom stereocenters. The largest absolute Gasteiger partial charge is 0.237 e. The van der Waals surface area contributed by atoms with Crippen molar-refractivity contribution in [1.29, 1.82) is 0 Å². The van der Waals surface area contributed by atoms with E-state index in [0.717, 1.165) is 33.2 Å². The highest BCUT2D eigenvalue weighted by Gasteiger charge is 2.29. The molecule has 4 heterocycles. The zero-order chi connectivity index (χ0) is 39.6. The van der Waals surface area contributed by atoms with Crippen LogP contribution in [0.2, 0.25) is 0 Å². The minimum absolute atomic E-state index is 0.744. The van der Waals surface area contributed by atoms with Crippen LogP contribution in [0.5, 0.6) is 0 Å². The monoisotopic (exact) mass is 770 g/mol. The van der Waals surface area contributed by atoms with Gasteiger partial charge in [0.05, 0.1) is 0 Å². The Morgan fingerprint density at radius 3 is 1.40 bits per heavy atom. The SMILES string of the molecule is FF.c1cc2c3c(cccc3c1)-c1cc3c(cc1-2)c(-c1ccnc2ncccc12)cc1c2cc4c(c(-c5ccnc6ncccc56)c2ccc31)-c1cccc2cccc-4c12. The third kappa shape index (κ3) is 4.31. The van der Waals surface area contributed by atoms with Crippen LogP contribution in [0.1, 0.15) is 0 Å². The van der Waals surface area contributed by atoms with Crippen LogP contribution in [0.4, 0.5) is 9.15 Å². The van der Waals surface area contributed by atoms with Crippen molar-refractivity contribution in [3.05, 3.63) is 170 Å². The second-order valence-electron chi connectivity index (χ2n) is 15.7. The second kappa shape index (κ2) is 12.3. The number of fused-ring (bicyclic) bond motifs is 13. The Morgan fingerprint density at radius 2 is 0.733 bits per heavy atom. The number of hydrogen-bond acceptors (Lipinski definition) is 4. The molecule has 0 unspecified atom stereocenters. The Balaban J connectivity index is 0.00000183. The van der Waals surface area contributed by atoms with E-state index in [1.165, 1.54) is 109 Å². The molecule has 0 aliphatic heterocycles. The van der Waals surface area contributed by atoms with Gasteiger partial charge >= 0.3 is 0 Å². The molecule has 0 saturated carbocycles. The molecule has 4 aromatic heterocycles. The maximum absolute atomic E-state index is 8.00. The quantitative estimate of drug-likeness (QED) is 0.164. The molecule has 4 nitrogen and oxygen atoms in total. The molecule has 2 aliphatic carbocycles. The molecule has 0 amide bonds. The van der Waals surface area contributed by atoms with Crippen molar-refractivity contribution >= 4 is 75.9 Å². The van der Waals surface area contributed by atoms with Crippen LogP contribution in [0, 0.1) is 0 Å². The van der Waals surface area contributed by atoms with Gasteiger partial charge in [0.25, 0.3) is 0 Å². The Bertz CT molecular complexity index is 3860. The maximum atomic E-state index is 8.00. The van der Waals surface area contributed by atoms with Crippen LogP contribution in [-0.4, -0.2) is 19.9 Å². The van der Waals surface area contributed by atoms with Gasteiger partial charge in [-0.2, -0.15) is 0 Å². The lowest BCUT2D eigenvalue weighted by Gasteiger charge is -2.20. The molecule has 6 heteroatoms. The Kier molecular flexibility index (Phi) is 6.76. The third-order valence-corrected chi connectivity index (χ3v) is 12.9. The smallest absolute Gasteiger partial charge is 0.159 e. The average Bonchev–Trinajstić information content (AvgIpc) is 3.81. The van der Waals surface area contributed by atoms with Crippen LogP contribution in [0.3, 0.4) is 0 Å². The second-order valence-corrected chi connectivity index (χ2v) is 15.7. The molecule has 8 aromatic carbocycles. The fourth-order valence-electron chi connectivity index (χ4n) is 10.6. The van der Waals surface area contributed by atoms with Crippen molar-refractivity contribution in [3.63, 3.8) is 0 Å². The van der Waals surface area contributed by atoms with Crippen LogP contribution in [0.15, 0.2) is 170 Å². The van der Waals surface area contributed by atoms with E-state index in [2.05, 4.69) is 133 Å². The van der Waals surface area contributed by atoms with Gasteiger partial charge in [-0.1, -0.05) is 84.9 Å². The zero-order valence-electron chi connectivity index (χ0n) is 31.7. The summed E-state index contributed by atoms with van der Waals surface area (Å²) in [5.41, 5.74) is 16.4. The lowest BCUT2D eigenvalue weighted by Crippen LogP contribution is -1.94. The Hall–Kier alpha value is -7.96. The molecule has 0 bridgehead atoms. The molecule has 0 fully saturated rings. The summed E-state index contributed by atoms with van der Waals surface area (Å²) in [6.07, 6.45) is 7.47. The molecule has 12 aromatic rings. The standard InChI is InChI=1S/C54H28N4.F2/c1-7-29-8-2-12-34-45-27-47-42(26-44(45)33(11-1)49(29)34)31-17-18-36-46(41(31)25-43(47)32-19-23-57-53-38(32)15-5-21-55-53)28-48-35-13-3-9-30-10-4-14-40(50(30)35)52(48)51(36)37-20-24-58-54-39(37)16-6-22-56-54;1-2/h1-28H;. The van der Waals surface area contributed by atoms with E-state index in [4.69, 9.17) is 29.1 Å². The number of halogens is 2. The highest BCUT2D eigenvalue weighted by atomic mass is 20.0. The number of benzene rings is 8. The summed E-state index contributed by atoms with van der Waals surface area (Å²) in [6, 6.07) is 54.1. The first-order valence-corrected chi connectivity index (χ1v) is 19.9. The van der Waals surface area contributed by atoms with Gasteiger partial charge < -0.3 is 0 Å². The molecule has 0 N–H and O–H groups in total. The Labute approximate surface area is 340 Å². The van der Waals surface area contributed by atoms with Crippen LogP contribution >= 0.6 is 0 Å². The third-order valence-electron chi connectivity index (χ3n) is 12.9. The summed E-state index contributed by atoms with van der Waals surface area (Å²) in [7, 11) is 0. The van der Waals surface area contributed by atoms with Gasteiger partial charge in [0, 0.05) is 44.7 Å². The predicted octanol–water partition coefficient (Wildman–Crippen LogP) is 14.8. The summed E-state index contributed by atoms with van der Waals surface area (Å²) in [5.74, 6) is 0. The zero-order valence-corrected chi connectivity index (χ0v) is 31.7. The van der Waals surface area contributed by atoms with Crippen molar-refractivity contribution in [2.45, 2.75) is 0 Å². The van der Waals surface area contributed by atoms with Gasteiger partial charge in [-0.3, -0.25) is 0 Å². The molecular weight excluding hydrogens is 743 g/mol. The minimum atomic E-state index is 0.744. The fraction of sp³-hybridized carbons (Fsp3) is 0. The molecule has 0 radical (unpaired) electrons. The number of nitrogens with zero attached hydrogens (tertiary/aromatic N) is 4. The van der Waals surface area contributed by atoms with E-state index < -0.39 is 0 Å². The lowest BCUT2D eigenvalue weighted by atomic mass is 9.83. The average molecular weight is 771 g/mol. The molecular formula is C54H28F2N4. The number of pyridine rings is 4. The van der Waals surface area contributed by atoms with E-state index in [0.29, 0.717) is 0 Å². The van der Waals surface area contributed by atoms with Crippen LogP contribution in [-0.2, 0) is 0 Å². The van der Waals surface area contributed by atoms with E-state index in [1.54, 1.807) is 0 Å². The van der Waals surface area contributed by atoms with Crippen molar-refractivity contribution < 1.29 is 9.15 Å². The highest BCUT2D eigenvalue weighted by Crippen LogP contribution is 2.56. The molecule has 2 aliphatic rings. The van der Waals surface area contributed by atoms with E-state index in [1.807, 2.05) is 36.9 Å². The van der Waals surface area contributed by atoms with E-state index in [9.17, 15) is 0 Å². The number of rotatable bonds is 2. The van der Waals surface area contributed by atoms with E-state index in [-0.39, 0.29) is 0 Å². The van der Waals surface area contributed by atoms with Gasteiger partial charge in [0.1, 0.15) is 0 Å². The summed E-state index contributed by atoms with van der Waals surface area (Å²) in [6.45, 7) is 0. The molecule has 0 spiro atoms. The summed E-state index contributed by atoms with van der Waals surface area (Å²) in [5, 5.41) is 14.6. The first-order valence-electron chi connectivity index (χ1n) is 19.9. The van der Waals surface area contributed by atoms with Crippen molar-refractivity contribution in [3.8, 4) is 66.8 Å². The normalized spacial score (nSPS) is 12.2. The van der Waals surface area contributed by atoms with Crippen LogP contribution in [0.25, 0.3) is 143 Å². The maximum Gasteiger partial charge on any atom is 0.159 e. The first kappa shape index (κ1) is 33.1. The summed E-state index contributed by atoms with van der Waals surface area (Å²) in [4.78, 5) is 18.8. The lowest BCUT2D eigenvalue weighted by molar-refractivity contribution is 0.108. The van der Waals surface area contributed by atoms with Crippen molar-refractivity contribution in [1.82, 2.24) is 19.9 Å². The molecule has 278 valence electrons. The van der Waals surface area contributed by atoms with Gasteiger partial charge in [-0.15, -0.1) is 0 Å². The molecule has 14 rings (SSSR count). The van der Waals surface area contributed by atoms with E-state index >= 15 is 0 Å². The van der Waals surface area contributed by atoms with Crippen LogP contribution < -0.4 is 0 Å². The van der Waals surface area contributed by atoms with Crippen molar-refractivity contribution in [2.24, 2.45) is 0 Å². The summed E-state index contributed by atoms with van der Waals surface area (Å²) < 4.78 is 16.0.